The van der Waals surface area contributed by atoms with E-state index in [-0.39, 0.29) is 12.8 Å². The molecule has 0 radical (unpaired) electrons. The van der Waals surface area contributed by atoms with Crippen LogP contribution in [0, 0.1) is 0 Å². The molecule has 2 heterocycles. The molecule has 0 aliphatic carbocycles. The number of rotatable bonds is 3. The van der Waals surface area contributed by atoms with E-state index in [9.17, 15) is 4.79 Å². The molecular weight excluding hydrogens is 362 g/mol. The summed E-state index contributed by atoms with van der Waals surface area (Å²) in [5, 5.41) is 8.50. The number of fused-ring (bicyclic) bond motifs is 1. The number of carbonyl (C=O) groups is 1. The van der Waals surface area contributed by atoms with Gasteiger partial charge in [-0.05, 0) is 24.3 Å². The zero-order valence-electron chi connectivity index (χ0n) is 12.8. The molecule has 0 saturated heterocycles. The summed E-state index contributed by atoms with van der Waals surface area (Å²) >= 11 is 7.23. The average Bonchev–Trinajstić information content (AvgIpc) is 3.24. The number of hydrogen-bond donors (Lipinski definition) is 2. The van der Waals surface area contributed by atoms with Gasteiger partial charge in [0.25, 0.3) is 0 Å². The van der Waals surface area contributed by atoms with Gasteiger partial charge in [0.15, 0.2) is 16.6 Å². The largest absolute Gasteiger partial charge is 0.454 e. The number of ether oxygens (including phenoxy) is 2. The van der Waals surface area contributed by atoms with Crippen LogP contribution < -0.4 is 20.1 Å². The second kappa shape index (κ2) is 6.62. The maximum Gasteiger partial charge on any atom is 0.325 e. The normalized spacial score (nSPS) is 12.0. The van der Waals surface area contributed by atoms with Crippen molar-refractivity contribution in [2.45, 2.75) is 0 Å². The molecule has 4 rings (SSSR count). The van der Waals surface area contributed by atoms with Crippen LogP contribution in [-0.2, 0) is 0 Å². The van der Waals surface area contributed by atoms with Gasteiger partial charge < -0.3 is 14.8 Å². The summed E-state index contributed by atoms with van der Waals surface area (Å²) in [5.74, 6) is 1.27. The Balaban J connectivity index is 1.42. The van der Waals surface area contributed by atoms with Crippen molar-refractivity contribution in [1.29, 1.82) is 0 Å². The van der Waals surface area contributed by atoms with Crippen molar-refractivity contribution in [3.63, 3.8) is 0 Å². The van der Waals surface area contributed by atoms with Crippen LogP contribution in [-0.4, -0.2) is 17.8 Å². The summed E-state index contributed by atoms with van der Waals surface area (Å²) in [6.07, 6.45) is 0. The van der Waals surface area contributed by atoms with Crippen LogP contribution in [0.25, 0.3) is 11.3 Å². The fraction of sp³-hybridized carbons (Fsp3) is 0.0588. The number of nitrogens with zero attached hydrogens (tertiary/aromatic N) is 1. The Kier molecular flexibility index (Phi) is 4.17. The van der Waals surface area contributed by atoms with E-state index in [1.807, 2.05) is 17.5 Å². The molecule has 2 aromatic carbocycles. The molecule has 3 aromatic rings. The molecule has 0 saturated carbocycles. The molecule has 0 bridgehead atoms. The molecule has 0 fully saturated rings. The Bertz CT molecular complexity index is 927. The van der Waals surface area contributed by atoms with Crippen molar-refractivity contribution < 1.29 is 14.3 Å². The number of aromatic nitrogens is 1. The lowest BCUT2D eigenvalue weighted by molar-refractivity contribution is 0.174. The third-order valence-corrected chi connectivity index (χ3v) is 4.50. The van der Waals surface area contributed by atoms with Crippen molar-refractivity contribution in [3.05, 3.63) is 52.9 Å². The third-order valence-electron chi connectivity index (χ3n) is 3.50. The average molecular weight is 374 g/mol. The molecule has 2 N–H and O–H groups in total. The van der Waals surface area contributed by atoms with Crippen molar-refractivity contribution in [3.8, 4) is 22.8 Å². The lowest BCUT2D eigenvalue weighted by Crippen LogP contribution is -2.19. The second-order valence-electron chi connectivity index (χ2n) is 5.19. The summed E-state index contributed by atoms with van der Waals surface area (Å²) in [6, 6.07) is 12.2. The lowest BCUT2D eigenvalue weighted by Gasteiger charge is -2.06. The van der Waals surface area contributed by atoms with Crippen LogP contribution in [0.4, 0.5) is 15.6 Å². The van der Waals surface area contributed by atoms with E-state index in [1.54, 1.807) is 30.3 Å². The number of halogens is 1. The van der Waals surface area contributed by atoms with Gasteiger partial charge in [0, 0.05) is 27.7 Å². The minimum Gasteiger partial charge on any atom is -0.454 e. The van der Waals surface area contributed by atoms with Gasteiger partial charge in [-0.2, -0.15) is 0 Å². The summed E-state index contributed by atoms with van der Waals surface area (Å²) in [7, 11) is 0. The molecule has 1 aromatic heterocycles. The number of urea groups is 1. The number of benzene rings is 2. The van der Waals surface area contributed by atoms with E-state index >= 15 is 0 Å². The molecule has 1 aliphatic rings. The van der Waals surface area contributed by atoms with Gasteiger partial charge >= 0.3 is 6.03 Å². The highest BCUT2D eigenvalue weighted by Crippen LogP contribution is 2.34. The van der Waals surface area contributed by atoms with Crippen LogP contribution in [0.1, 0.15) is 0 Å². The molecule has 126 valence electrons. The number of nitrogens with one attached hydrogen (secondary N) is 2. The minimum absolute atomic E-state index is 0.192. The number of thiazole rings is 1. The Morgan fingerprint density at radius 1 is 1.08 bits per heavy atom. The van der Waals surface area contributed by atoms with Gasteiger partial charge in [-0.15, -0.1) is 11.3 Å². The summed E-state index contributed by atoms with van der Waals surface area (Å²) in [4.78, 5) is 16.5. The first-order valence-corrected chi connectivity index (χ1v) is 8.62. The zero-order valence-corrected chi connectivity index (χ0v) is 14.4. The fourth-order valence-electron chi connectivity index (χ4n) is 2.32. The topological polar surface area (TPSA) is 72.5 Å². The number of amides is 2. The molecule has 0 unspecified atom stereocenters. The van der Waals surface area contributed by atoms with Gasteiger partial charge in [-0.25, -0.2) is 9.78 Å². The first kappa shape index (κ1) is 15.7. The van der Waals surface area contributed by atoms with E-state index in [2.05, 4.69) is 15.6 Å². The Hall–Kier alpha value is -2.77. The maximum atomic E-state index is 12.1. The quantitative estimate of drug-likeness (QED) is 0.689. The van der Waals surface area contributed by atoms with Gasteiger partial charge in [0.2, 0.25) is 6.79 Å². The molecule has 6 nitrogen and oxygen atoms in total. The summed E-state index contributed by atoms with van der Waals surface area (Å²) in [6.45, 7) is 0.192. The highest BCUT2D eigenvalue weighted by atomic mass is 35.5. The minimum atomic E-state index is -0.379. The van der Waals surface area contributed by atoms with E-state index in [0.29, 0.717) is 27.3 Å². The second-order valence-corrected chi connectivity index (χ2v) is 6.49. The summed E-state index contributed by atoms with van der Waals surface area (Å²) < 4.78 is 10.5. The third kappa shape index (κ3) is 3.52. The van der Waals surface area contributed by atoms with Gasteiger partial charge in [-0.3, -0.25) is 5.32 Å². The molecule has 2 amide bonds. The molecular formula is C17H12ClN3O3S. The Labute approximate surface area is 152 Å². The highest BCUT2D eigenvalue weighted by molar-refractivity contribution is 7.14. The number of hydrogen-bond acceptors (Lipinski definition) is 5. The molecule has 1 aliphatic heterocycles. The van der Waals surface area contributed by atoms with Crippen LogP contribution >= 0.6 is 22.9 Å². The number of carbonyl (C=O) groups excluding carboxylic acids is 1. The van der Waals surface area contributed by atoms with Crippen molar-refractivity contribution in [2.24, 2.45) is 0 Å². The summed E-state index contributed by atoms with van der Waals surface area (Å²) in [5.41, 5.74) is 2.32. The van der Waals surface area contributed by atoms with Gasteiger partial charge in [0.1, 0.15) is 0 Å². The number of anilines is 2. The van der Waals surface area contributed by atoms with Gasteiger partial charge in [-0.1, -0.05) is 23.7 Å². The first-order valence-electron chi connectivity index (χ1n) is 7.36. The monoisotopic (exact) mass is 373 g/mol. The zero-order chi connectivity index (χ0) is 17.2. The molecule has 8 heteroatoms. The Morgan fingerprint density at radius 2 is 1.88 bits per heavy atom. The van der Waals surface area contributed by atoms with Gasteiger partial charge in [0.05, 0.1) is 5.69 Å². The first-order chi connectivity index (χ1) is 12.2. The van der Waals surface area contributed by atoms with E-state index in [1.165, 1.54) is 11.3 Å². The van der Waals surface area contributed by atoms with E-state index in [0.717, 1.165) is 11.3 Å². The maximum absolute atomic E-state index is 12.1. The Morgan fingerprint density at radius 3 is 2.72 bits per heavy atom. The SMILES string of the molecule is O=C(Nc1ccc2c(c1)OCO2)Nc1nc(-c2ccc(Cl)cc2)cs1. The predicted molar refractivity (Wildman–Crippen MR) is 97.8 cm³/mol. The lowest BCUT2D eigenvalue weighted by atomic mass is 10.2. The molecule has 0 spiro atoms. The van der Waals surface area contributed by atoms with Crippen molar-refractivity contribution >= 4 is 39.8 Å². The van der Waals surface area contributed by atoms with E-state index in [4.69, 9.17) is 21.1 Å². The van der Waals surface area contributed by atoms with Crippen molar-refractivity contribution in [1.82, 2.24) is 4.98 Å². The van der Waals surface area contributed by atoms with Crippen LogP contribution in [0.2, 0.25) is 5.02 Å². The molecule has 25 heavy (non-hydrogen) atoms. The van der Waals surface area contributed by atoms with Crippen molar-refractivity contribution in [2.75, 3.05) is 17.4 Å². The fourth-order valence-corrected chi connectivity index (χ4v) is 3.16. The van der Waals surface area contributed by atoms with Crippen LogP contribution in [0.15, 0.2) is 47.8 Å². The highest BCUT2D eigenvalue weighted by Gasteiger charge is 2.14. The molecule has 0 atom stereocenters. The van der Waals surface area contributed by atoms with Crippen LogP contribution in [0.5, 0.6) is 11.5 Å². The smallest absolute Gasteiger partial charge is 0.325 e. The van der Waals surface area contributed by atoms with E-state index < -0.39 is 0 Å². The predicted octanol–water partition coefficient (Wildman–Crippen LogP) is 4.84. The standard InChI is InChI=1S/C17H12ClN3O3S/c18-11-3-1-10(2-4-11)13-8-25-17(20-13)21-16(22)19-12-5-6-14-15(7-12)24-9-23-14/h1-8H,9H2,(H2,19,20,21,22). The van der Waals surface area contributed by atoms with Crippen LogP contribution in [0.3, 0.4) is 0 Å².